The molecular formula is C48H27NOS2. The van der Waals surface area contributed by atoms with Crippen LogP contribution in [0, 0.1) is 0 Å². The van der Waals surface area contributed by atoms with Crippen molar-refractivity contribution >= 4 is 107 Å². The van der Waals surface area contributed by atoms with Gasteiger partial charge in [-0.3, -0.25) is 0 Å². The van der Waals surface area contributed by atoms with Crippen molar-refractivity contribution in [3.8, 4) is 27.9 Å². The van der Waals surface area contributed by atoms with Crippen LogP contribution in [0.1, 0.15) is 0 Å². The average molecular weight is 698 g/mol. The van der Waals surface area contributed by atoms with E-state index in [1.165, 1.54) is 84.4 Å². The summed E-state index contributed by atoms with van der Waals surface area (Å²) in [6.07, 6.45) is 0. The highest BCUT2D eigenvalue weighted by Gasteiger charge is 2.23. The van der Waals surface area contributed by atoms with Crippen molar-refractivity contribution in [1.82, 2.24) is 4.57 Å². The first-order chi connectivity index (χ1) is 25.8. The predicted octanol–water partition coefficient (Wildman–Crippen LogP) is 14.8. The van der Waals surface area contributed by atoms with Crippen LogP contribution in [0.4, 0.5) is 0 Å². The van der Waals surface area contributed by atoms with Crippen LogP contribution in [0.3, 0.4) is 0 Å². The lowest BCUT2D eigenvalue weighted by Crippen LogP contribution is -1.97. The Hall–Kier alpha value is -6.20. The molecule has 8 aromatic carbocycles. The number of rotatable bonds is 3. The van der Waals surface area contributed by atoms with Gasteiger partial charge in [0.15, 0.2) is 0 Å². The second-order valence-corrected chi connectivity index (χ2v) is 15.7. The number of benzene rings is 8. The molecule has 0 fully saturated rings. The molecule has 0 aliphatic carbocycles. The van der Waals surface area contributed by atoms with Crippen LogP contribution in [-0.4, -0.2) is 4.57 Å². The highest BCUT2D eigenvalue weighted by Crippen LogP contribution is 2.48. The number of para-hydroxylation sites is 3. The monoisotopic (exact) mass is 697 g/mol. The molecule has 4 aromatic heterocycles. The molecule has 242 valence electrons. The smallest absolute Gasteiger partial charge is 0.135 e. The highest BCUT2D eigenvalue weighted by atomic mass is 32.1. The Labute approximate surface area is 306 Å². The van der Waals surface area contributed by atoms with Gasteiger partial charge in [0.1, 0.15) is 11.2 Å². The summed E-state index contributed by atoms with van der Waals surface area (Å²) in [5.41, 5.74) is 10.3. The van der Waals surface area contributed by atoms with E-state index in [1.807, 2.05) is 28.7 Å². The molecule has 0 aliphatic heterocycles. The van der Waals surface area contributed by atoms with Gasteiger partial charge >= 0.3 is 0 Å². The Kier molecular flexibility index (Phi) is 5.84. The first-order valence-corrected chi connectivity index (χ1v) is 19.2. The minimum Gasteiger partial charge on any atom is -0.456 e. The normalized spacial score (nSPS) is 12.2. The molecule has 0 atom stereocenters. The fourth-order valence-corrected chi connectivity index (χ4v) is 11.0. The molecule has 4 heteroatoms. The van der Waals surface area contributed by atoms with E-state index in [4.69, 9.17) is 4.42 Å². The van der Waals surface area contributed by atoms with Crippen LogP contribution < -0.4 is 0 Å². The maximum atomic E-state index is 6.33. The lowest BCUT2D eigenvalue weighted by molar-refractivity contribution is 0.669. The molecule has 0 spiro atoms. The summed E-state index contributed by atoms with van der Waals surface area (Å²) in [6, 6.07) is 59.9. The topological polar surface area (TPSA) is 18.1 Å². The molecule has 52 heavy (non-hydrogen) atoms. The molecule has 0 aliphatic rings. The van der Waals surface area contributed by atoms with Gasteiger partial charge in [-0.05, 0) is 36.4 Å². The fraction of sp³-hybridized carbons (Fsp3) is 0. The minimum absolute atomic E-state index is 0.899. The van der Waals surface area contributed by atoms with E-state index in [-0.39, 0.29) is 0 Å². The van der Waals surface area contributed by atoms with Gasteiger partial charge in [-0.2, -0.15) is 0 Å². The second-order valence-electron chi connectivity index (χ2n) is 13.6. The Morgan fingerprint density at radius 1 is 0.346 bits per heavy atom. The van der Waals surface area contributed by atoms with E-state index in [2.05, 4.69) is 162 Å². The second kappa shape index (κ2) is 10.7. The van der Waals surface area contributed by atoms with Crippen LogP contribution in [-0.2, 0) is 0 Å². The summed E-state index contributed by atoms with van der Waals surface area (Å²) in [7, 11) is 0. The largest absolute Gasteiger partial charge is 0.456 e. The van der Waals surface area contributed by atoms with Crippen LogP contribution in [0.2, 0.25) is 0 Å². The summed E-state index contributed by atoms with van der Waals surface area (Å²) in [6.45, 7) is 0. The lowest BCUT2D eigenvalue weighted by Gasteiger charge is -2.15. The average Bonchev–Trinajstić information content (AvgIpc) is 3.96. The molecule has 12 aromatic rings. The van der Waals surface area contributed by atoms with E-state index >= 15 is 0 Å². The number of nitrogens with zero attached hydrogens (tertiary/aromatic N) is 1. The van der Waals surface area contributed by atoms with Crippen LogP contribution in [0.15, 0.2) is 168 Å². The van der Waals surface area contributed by atoms with Gasteiger partial charge in [0.05, 0.1) is 11.0 Å². The quantitative estimate of drug-likeness (QED) is 0.180. The SMILES string of the molecule is c1ccc2c(c1)oc1ccc(-n3c4c(-c5cccc6c5sc5ccccc56)cccc4c4cccc(-c5cccc6c5sc5ccccc56)c43)cc12. The third-order valence-electron chi connectivity index (χ3n) is 10.8. The first kappa shape index (κ1) is 28.5. The fourth-order valence-electron chi connectivity index (χ4n) is 8.58. The van der Waals surface area contributed by atoms with Crippen molar-refractivity contribution in [3.05, 3.63) is 164 Å². The van der Waals surface area contributed by atoms with Crippen molar-refractivity contribution in [2.45, 2.75) is 0 Å². The van der Waals surface area contributed by atoms with Crippen molar-refractivity contribution < 1.29 is 4.42 Å². The molecule has 0 amide bonds. The molecule has 12 rings (SSSR count). The summed E-state index contributed by atoms with van der Waals surface area (Å²) in [5, 5.41) is 9.98. The Morgan fingerprint density at radius 2 is 0.808 bits per heavy atom. The van der Waals surface area contributed by atoms with Crippen molar-refractivity contribution in [2.24, 2.45) is 0 Å². The third kappa shape index (κ3) is 3.88. The molecule has 2 nitrogen and oxygen atoms in total. The third-order valence-corrected chi connectivity index (χ3v) is 13.3. The summed E-state index contributed by atoms with van der Waals surface area (Å²) in [4.78, 5) is 0. The maximum Gasteiger partial charge on any atom is 0.135 e. The summed E-state index contributed by atoms with van der Waals surface area (Å²) in [5.74, 6) is 0. The number of fused-ring (bicyclic) bond motifs is 12. The van der Waals surface area contributed by atoms with E-state index in [0.717, 1.165) is 27.6 Å². The van der Waals surface area contributed by atoms with Crippen LogP contribution in [0.25, 0.3) is 112 Å². The highest BCUT2D eigenvalue weighted by molar-refractivity contribution is 7.26. The molecule has 0 unspecified atom stereocenters. The minimum atomic E-state index is 0.899. The number of aromatic nitrogens is 1. The van der Waals surface area contributed by atoms with E-state index in [1.54, 1.807) is 0 Å². The van der Waals surface area contributed by atoms with E-state index in [0.29, 0.717) is 0 Å². The van der Waals surface area contributed by atoms with Gasteiger partial charge < -0.3 is 8.98 Å². The van der Waals surface area contributed by atoms with Crippen molar-refractivity contribution in [1.29, 1.82) is 0 Å². The van der Waals surface area contributed by atoms with Gasteiger partial charge in [0.25, 0.3) is 0 Å². The van der Waals surface area contributed by atoms with Crippen LogP contribution in [0.5, 0.6) is 0 Å². The van der Waals surface area contributed by atoms with Gasteiger partial charge in [-0.15, -0.1) is 22.7 Å². The van der Waals surface area contributed by atoms with Gasteiger partial charge in [0.2, 0.25) is 0 Å². The Bertz CT molecular complexity index is 3260. The number of hydrogen-bond donors (Lipinski definition) is 0. The van der Waals surface area contributed by atoms with Crippen LogP contribution >= 0.6 is 22.7 Å². The molecule has 0 N–H and O–H groups in total. The molecule has 0 radical (unpaired) electrons. The predicted molar refractivity (Wildman–Crippen MR) is 225 cm³/mol. The molecule has 0 bridgehead atoms. The molecule has 0 saturated heterocycles. The standard InChI is InChI=1S/C48H27NOS2/c1-4-22-41-29(11-1)40-27-28(25-26-42(40)50-41)49-45-32(14-7-16-34(45)38-20-9-18-36-30-12-2-5-23-43(30)51-47(36)38)33-15-8-17-35(46(33)49)39-21-10-19-37-31-13-3-6-24-44(31)52-48(37)39/h1-27H. The number of furan rings is 1. The molecular weight excluding hydrogens is 671 g/mol. The summed E-state index contributed by atoms with van der Waals surface area (Å²) >= 11 is 3.78. The van der Waals surface area contributed by atoms with Crippen molar-refractivity contribution in [3.63, 3.8) is 0 Å². The zero-order chi connectivity index (χ0) is 33.9. The number of thiophene rings is 2. The van der Waals surface area contributed by atoms with Gasteiger partial charge in [-0.1, -0.05) is 127 Å². The zero-order valence-electron chi connectivity index (χ0n) is 27.8. The number of hydrogen-bond acceptors (Lipinski definition) is 3. The molecule has 4 heterocycles. The van der Waals surface area contributed by atoms with Gasteiger partial charge in [0, 0.05) is 89.8 Å². The van der Waals surface area contributed by atoms with Gasteiger partial charge in [-0.25, -0.2) is 0 Å². The lowest BCUT2D eigenvalue weighted by atomic mass is 9.98. The summed E-state index contributed by atoms with van der Waals surface area (Å²) < 4.78 is 14.1. The maximum absolute atomic E-state index is 6.33. The van der Waals surface area contributed by atoms with E-state index < -0.39 is 0 Å². The Morgan fingerprint density at radius 3 is 1.40 bits per heavy atom. The Balaban J connectivity index is 1.25. The van der Waals surface area contributed by atoms with E-state index in [9.17, 15) is 0 Å². The molecule has 0 saturated carbocycles. The zero-order valence-corrected chi connectivity index (χ0v) is 29.4. The van der Waals surface area contributed by atoms with Crippen molar-refractivity contribution in [2.75, 3.05) is 0 Å². The first-order valence-electron chi connectivity index (χ1n) is 17.6.